The van der Waals surface area contributed by atoms with Crippen molar-refractivity contribution in [3.63, 3.8) is 0 Å². The number of carbonyl (C=O) groups excluding carboxylic acids is 1. The van der Waals surface area contributed by atoms with E-state index >= 15 is 0 Å². The second-order valence-corrected chi connectivity index (χ2v) is 8.00. The quantitative estimate of drug-likeness (QED) is 0.545. The van der Waals surface area contributed by atoms with Crippen molar-refractivity contribution in [3.05, 3.63) is 58.3 Å². The van der Waals surface area contributed by atoms with Crippen LogP contribution in [0.15, 0.2) is 41.3 Å². The topological polar surface area (TPSA) is 34.5 Å². The number of amides is 1. The highest BCUT2D eigenvalue weighted by atomic mass is 32.2. The monoisotopic (exact) mass is 386 g/mol. The molecule has 1 amide bonds. The van der Waals surface area contributed by atoms with Crippen molar-refractivity contribution < 1.29 is 9.53 Å². The Hall–Kier alpha value is -2.05. The Morgan fingerprint density at radius 3 is 2.35 bits per heavy atom. The summed E-state index contributed by atoms with van der Waals surface area (Å²) in [4.78, 5) is 13.5. The molecule has 1 saturated heterocycles. The average molecular weight is 387 g/mol. The van der Waals surface area contributed by atoms with Crippen molar-refractivity contribution in [2.24, 2.45) is 0 Å². The second-order valence-electron chi connectivity index (χ2n) is 6.33. The molecule has 0 saturated carbocycles. The van der Waals surface area contributed by atoms with Gasteiger partial charge in [-0.25, -0.2) is 0 Å². The molecule has 1 fully saturated rings. The maximum atomic E-state index is 12.9. The Kier molecular flexibility index (Phi) is 5.53. The number of rotatable bonds is 5. The van der Waals surface area contributed by atoms with E-state index in [0.717, 1.165) is 29.1 Å². The van der Waals surface area contributed by atoms with Gasteiger partial charge in [-0.2, -0.15) is 5.01 Å². The van der Waals surface area contributed by atoms with Gasteiger partial charge in [0.15, 0.2) is 4.32 Å². The SMILES string of the molecule is CC[C@H](C)Oc1ccc(/C=C2\SC(=S)N(n3c(C)ccc3C)C2=O)cc1. The molecule has 1 aromatic carbocycles. The van der Waals surface area contributed by atoms with E-state index in [1.165, 1.54) is 11.8 Å². The minimum atomic E-state index is -0.0951. The number of thiocarbonyl (C=S) groups is 1. The molecular formula is C20H22N2O2S2. The molecule has 1 aliphatic rings. The van der Waals surface area contributed by atoms with Crippen LogP contribution in [0.5, 0.6) is 5.75 Å². The third kappa shape index (κ3) is 3.71. The lowest BCUT2D eigenvalue weighted by Gasteiger charge is -2.20. The van der Waals surface area contributed by atoms with Crippen molar-refractivity contribution in [2.45, 2.75) is 40.2 Å². The number of hydrogen-bond donors (Lipinski definition) is 0. The van der Waals surface area contributed by atoms with Gasteiger partial charge in [0.2, 0.25) is 0 Å². The fraction of sp³-hybridized carbons (Fsp3) is 0.300. The molecular weight excluding hydrogens is 364 g/mol. The van der Waals surface area contributed by atoms with Crippen LogP contribution in [-0.2, 0) is 4.79 Å². The lowest BCUT2D eigenvalue weighted by Crippen LogP contribution is -2.39. The van der Waals surface area contributed by atoms with Gasteiger partial charge in [-0.3, -0.25) is 9.47 Å². The zero-order valence-electron chi connectivity index (χ0n) is 15.4. The zero-order valence-corrected chi connectivity index (χ0v) is 17.0. The maximum absolute atomic E-state index is 12.9. The summed E-state index contributed by atoms with van der Waals surface area (Å²) in [6.45, 7) is 8.07. The molecule has 2 aromatic rings. The minimum Gasteiger partial charge on any atom is -0.491 e. The Morgan fingerprint density at radius 1 is 1.15 bits per heavy atom. The van der Waals surface area contributed by atoms with Gasteiger partial charge in [0.05, 0.1) is 11.0 Å². The first-order valence-electron chi connectivity index (χ1n) is 8.60. The number of nitrogens with zero attached hydrogens (tertiary/aromatic N) is 2. The van der Waals surface area contributed by atoms with E-state index in [1.54, 1.807) is 5.01 Å². The number of benzene rings is 1. The number of aromatic nitrogens is 1. The van der Waals surface area contributed by atoms with Gasteiger partial charge in [0, 0.05) is 11.4 Å². The Bertz CT molecular complexity index is 849. The van der Waals surface area contributed by atoms with Crippen LogP contribution in [0.2, 0.25) is 0 Å². The van der Waals surface area contributed by atoms with E-state index in [1.807, 2.05) is 67.9 Å². The van der Waals surface area contributed by atoms with Gasteiger partial charge in [-0.15, -0.1) is 0 Å². The normalized spacial score (nSPS) is 17.2. The predicted molar refractivity (Wildman–Crippen MR) is 112 cm³/mol. The summed E-state index contributed by atoms with van der Waals surface area (Å²) in [5.41, 5.74) is 2.90. The molecule has 0 bridgehead atoms. The van der Waals surface area contributed by atoms with Crippen LogP contribution in [0.1, 0.15) is 37.2 Å². The number of thioether (sulfide) groups is 1. The minimum absolute atomic E-state index is 0.0951. The standard InChI is InChI=1S/C20H22N2O2S2/c1-5-15(4)24-17-10-8-16(9-11-17)12-18-19(23)22(20(25)26-18)21-13(2)6-7-14(21)3/h6-12,15H,5H2,1-4H3/b18-12-/t15-/m0/s1. The molecule has 6 heteroatoms. The smallest absolute Gasteiger partial charge is 0.285 e. The van der Waals surface area contributed by atoms with Crippen LogP contribution in [-0.4, -0.2) is 21.0 Å². The lowest BCUT2D eigenvalue weighted by molar-refractivity contribution is -0.114. The molecule has 0 radical (unpaired) electrons. The predicted octanol–water partition coefficient (Wildman–Crippen LogP) is 4.82. The summed E-state index contributed by atoms with van der Waals surface area (Å²) < 4.78 is 8.20. The number of carbonyl (C=O) groups is 1. The number of ether oxygens (including phenoxy) is 1. The summed E-state index contributed by atoms with van der Waals surface area (Å²) in [6, 6.07) is 11.7. The summed E-state index contributed by atoms with van der Waals surface area (Å²) in [5, 5.41) is 1.57. The third-order valence-corrected chi connectivity index (χ3v) is 5.58. The molecule has 136 valence electrons. The van der Waals surface area contributed by atoms with Gasteiger partial charge in [0.25, 0.3) is 5.91 Å². The molecule has 1 aliphatic heterocycles. The lowest BCUT2D eigenvalue weighted by atomic mass is 10.2. The third-order valence-electron chi connectivity index (χ3n) is 4.30. The van der Waals surface area contributed by atoms with Gasteiger partial charge in [0.1, 0.15) is 5.75 Å². The Balaban J connectivity index is 1.82. The van der Waals surface area contributed by atoms with Crippen LogP contribution in [0.3, 0.4) is 0 Å². The Labute approximate surface area is 163 Å². The van der Waals surface area contributed by atoms with Crippen molar-refractivity contribution in [3.8, 4) is 5.75 Å². The van der Waals surface area contributed by atoms with Crippen LogP contribution in [0.25, 0.3) is 6.08 Å². The highest BCUT2D eigenvalue weighted by Gasteiger charge is 2.34. The molecule has 26 heavy (non-hydrogen) atoms. The van der Waals surface area contributed by atoms with Crippen LogP contribution in [0, 0.1) is 13.8 Å². The summed E-state index contributed by atoms with van der Waals surface area (Å²) in [6.07, 6.45) is 3.02. The fourth-order valence-corrected chi connectivity index (χ4v) is 3.96. The first-order valence-corrected chi connectivity index (χ1v) is 9.83. The van der Waals surface area contributed by atoms with Gasteiger partial charge < -0.3 is 4.74 Å². The van der Waals surface area contributed by atoms with Crippen molar-refractivity contribution in [1.82, 2.24) is 4.68 Å². The highest BCUT2D eigenvalue weighted by molar-refractivity contribution is 8.27. The Morgan fingerprint density at radius 2 is 1.77 bits per heavy atom. The molecule has 1 aromatic heterocycles. The van der Waals surface area contributed by atoms with Crippen molar-refractivity contribution in [1.29, 1.82) is 0 Å². The van der Waals surface area contributed by atoms with Crippen molar-refractivity contribution >= 4 is 40.3 Å². The molecule has 2 heterocycles. The maximum Gasteiger partial charge on any atom is 0.285 e. The van der Waals surface area contributed by atoms with E-state index in [0.29, 0.717) is 9.23 Å². The summed E-state index contributed by atoms with van der Waals surface area (Å²) >= 11 is 6.77. The van der Waals surface area contributed by atoms with Crippen LogP contribution >= 0.6 is 24.0 Å². The average Bonchev–Trinajstić information content (AvgIpc) is 3.08. The number of hydrogen-bond acceptors (Lipinski definition) is 4. The van der Waals surface area contributed by atoms with E-state index in [9.17, 15) is 4.79 Å². The van der Waals surface area contributed by atoms with Gasteiger partial charge >= 0.3 is 0 Å². The van der Waals surface area contributed by atoms with E-state index in [2.05, 4.69) is 6.92 Å². The molecule has 0 aliphatic carbocycles. The molecule has 0 unspecified atom stereocenters. The first-order chi connectivity index (χ1) is 12.4. The van der Waals surface area contributed by atoms with Gasteiger partial charge in [-0.1, -0.05) is 30.8 Å². The first kappa shape index (κ1) is 18.7. The van der Waals surface area contributed by atoms with Crippen LogP contribution < -0.4 is 9.75 Å². The summed E-state index contributed by atoms with van der Waals surface area (Å²) in [7, 11) is 0. The second kappa shape index (κ2) is 7.68. The summed E-state index contributed by atoms with van der Waals surface area (Å²) in [5.74, 6) is 0.741. The van der Waals surface area contributed by atoms with E-state index < -0.39 is 0 Å². The molecule has 0 spiro atoms. The van der Waals surface area contributed by atoms with E-state index in [-0.39, 0.29) is 12.0 Å². The number of aryl methyl sites for hydroxylation is 2. The highest BCUT2D eigenvalue weighted by Crippen LogP contribution is 2.33. The molecule has 3 rings (SSSR count). The van der Waals surface area contributed by atoms with Crippen LogP contribution in [0.4, 0.5) is 0 Å². The largest absolute Gasteiger partial charge is 0.491 e. The molecule has 0 N–H and O–H groups in total. The molecule has 4 nitrogen and oxygen atoms in total. The molecule has 1 atom stereocenters. The fourth-order valence-electron chi connectivity index (χ4n) is 2.72. The van der Waals surface area contributed by atoms with Gasteiger partial charge in [-0.05, 0) is 75.3 Å². The van der Waals surface area contributed by atoms with Crippen molar-refractivity contribution in [2.75, 3.05) is 5.01 Å². The zero-order chi connectivity index (χ0) is 18.8. The van der Waals surface area contributed by atoms with E-state index in [4.69, 9.17) is 17.0 Å².